The van der Waals surface area contributed by atoms with Crippen molar-refractivity contribution < 1.29 is 46.2 Å². The van der Waals surface area contributed by atoms with Crippen molar-refractivity contribution in [3.63, 3.8) is 0 Å². The van der Waals surface area contributed by atoms with Crippen molar-refractivity contribution in [2.75, 3.05) is 50.6 Å². The highest BCUT2D eigenvalue weighted by Crippen LogP contribution is 2.39. The predicted octanol–water partition coefficient (Wildman–Crippen LogP) is 6.32. The number of urea groups is 1. The molecule has 2 aliphatic heterocycles. The maximum Gasteiger partial charge on any atom is 0.573 e. The lowest BCUT2D eigenvalue weighted by Gasteiger charge is -2.40. The van der Waals surface area contributed by atoms with Gasteiger partial charge in [-0.2, -0.15) is 0 Å². The van der Waals surface area contributed by atoms with Gasteiger partial charge in [0.25, 0.3) is 5.91 Å². The Kier molecular flexibility index (Phi) is 12.6. The monoisotopic (exact) mass is 823 g/mol. The second-order valence-electron chi connectivity index (χ2n) is 14.6. The first-order chi connectivity index (χ1) is 28.1. The van der Waals surface area contributed by atoms with Gasteiger partial charge in [0.1, 0.15) is 29.3 Å². The van der Waals surface area contributed by atoms with E-state index < -0.39 is 41.7 Å². The average Bonchev–Trinajstić information content (AvgIpc) is 3.91. The minimum absolute atomic E-state index is 0.0345. The van der Waals surface area contributed by atoms with Crippen LogP contribution in [0, 0.1) is 11.7 Å². The molecule has 314 valence electrons. The number of carbonyl (C=O) groups excluding carboxylic acids is 4. The SMILES string of the molecule is CNC(=O)N1CCN(c2ccc(C(=O)Nc3cc(OC(F)(F)F)c(-c4ccc(-c5cnc(C6CCCN6C(=O)[C@@H](NC(=O)OC)C(C)C)[nH]5)cc4)cc3F)cn2)C(C)C1. The van der Waals surface area contributed by atoms with Gasteiger partial charge < -0.3 is 45.1 Å². The van der Waals surface area contributed by atoms with Gasteiger partial charge in [0.2, 0.25) is 5.91 Å². The van der Waals surface area contributed by atoms with Gasteiger partial charge in [0, 0.05) is 57.1 Å². The van der Waals surface area contributed by atoms with Gasteiger partial charge >= 0.3 is 18.5 Å². The molecule has 3 atom stereocenters. The number of carbonyl (C=O) groups is 4. The molecule has 4 heterocycles. The molecule has 2 aromatic heterocycles. The second-order valence-corrected chi connectivity index (χ2v) is 14.6. The van der Waals surface area contributed by atoms with E-state index in [-0.39, 0.29) is 46.6 Å². The Bertz CT molecular complexity index is 2160. The summed E-state index contributed by atoms with van der Waals surface area (Å²) in [6, 6.07) is 9.48. The van der Waals surface area contributed by atoms with E-state index in [9.17, 15) is 32.3 Å². The van der Waals surface area contributed by atoms with E-state index in [0.717, 1.165) is 18.6 Å². The molecule has 2 unspecified atom stereocenters. The number of aromatic amines is 1. The molecule has 0 bridgehead atoms. The molecule has 6 rings (SSSR count). The van der Waals surface area contributed by atoms with Gasteiger partial charge in [-0.3, -0.25) is 9.59 Å². The fraction of sp³-hybridized carbons (Fsp3) is 0.400. The molecule has 0 radical (unpaired) electrons. The number of imidazole rings is 1. The van der Waals surface area contributed by atoms with Crippen molar-refractivity contribution in [1.82, 2.24) is 35.4 Å². The lowest BCUT2D eigenvalue weighted by Crippen LogP contribution is -2.55. The zero-order valence-corrected chi connectivity index (χ0v) is 33.0. The molecule has 5 amide bonds. The van der Waals surface area contributed by atoms with Crippen LogP contribution in [0.5, 0.6) is 5.75 Å². The lowest BCUT2D eigenvalue weighted by molar-refractivity contribution is -0.274. The third-order valence-corrected chi connectivity index (χ3v) is 10.3. The molecule has 0 saturated carbocycles. The van der Waals surface area contributed by atoms with Gasteiger partial charge in [-0.05, 0) is 55.0 Å². The van der Waals surface area contributed by atoms with Gasteiger partial charge in [-0.1, -0.05) is 38.1 Å². The summed E-state index contributed by atoms with van der Waals surface area (Å²) < 4.78 is 65.5. The van der Waals surface area contributed by atoms with Crippen LogP contribution in [-0.2, 0) is 9.53 Å². The molecule has 4 aromatic rings. The van der Waals surface area contributed by atoms with Crippen LogP contribution in [0.1, 0.15) is 55.8 Å². The molecule has 2 fully saturated rings. The summed E-state index contributed by atoms with van der Waals surface area (Å²) in [5.74, 6) is -1.95. The number of pyridine rings is 1. The number of alkyl halides is 3. The van der Waals surface area contributed by atoms with E-state index in [1.165, 1.54) is 31.5 Å². The second kappa shape index (κ2) is 17.6. The van der Waals surface area contributed by atoms with Crippen molar-refractivity contribution in [2.24, 2.45) is 5.92 Å². The first kappa shape index (κ1) is 42.2. The van der Waals surface area contributed by atoms with Crippen LogP contribution < -0.4 is 25.6 Å². The third-order valence-electron chi connectivity index (χ3n) is 10.3. The highest BCUT2D eigenvalue weighted by atomic mass is 19.4. The maximum absolute atomic E-state index is 15.6. The van der Waals surface area contributed by atoms with Crippen LogP contribution in [0.4, 0.5) is 38.7 Å². The Labute approximate surface area is 337 Å². The number of nitrogens with zero attached hydrogens (tertiary/aromatic N) is 5. The standard InChI is InChI=1S/C40H45F4N9O6/c1-22(2)34(50-39(57)58-5)37(55)53-14-6-7-31(53)35-47-20-30(48-35)25-10-8-24(9-11-25)27-17-28(41)29(18-32(27)59-40(42,43)44)49-36(54)26-12-13-33(46-19-26)52-16-15-51(21-23(52)3)38(56)45-4/h8-13,17-20,22-23,31,34H,6-7,14-16,21H2,1-5H3,(H,45,56)(H,47,48)(H,49,54)(H,50,57)/t23?,31?,34-/m0/s1. The topological polar surface area (TPSA) is 174 Å². The molecule has 19 heteroatoms. The van der Waals surface area contributed by atoms with Crippen LogP contribution in [0.25, 0.3) is 22.4 Å². The molecule has 15 nitrogen and oxygen atoms in total. The summed E-state index contributed by atoms with van der Waals surface area (Å²) in [4.78, 5) is 68.1. The zero-order valence-electron chi connectivity index (χ0n) is 33.0. The summed E-state index contributed by atoms with van der Waals surface area (Å²) in [5, 5.41) is 7.54. The number of anilines is 2. The molecule has 0 aliphatic carbocycles. The molecule has 2 aromatic carbocycles. The minimum atomic E-state index is -5.14. The number of hydrogen-bond donors (Lipinski definition) is 4. The molecular weight excluding hydrogens is 778 g/mol. The summed E-state index contributed by atoms with van der Waals surface area (Å²) in [6.07, 6.45) is -1.64. The van der Waals surface area contributed by atoms with Crippen molar-refractivity contribution in [1.29, 1.82) is 0 Å². The number of H-pyrrole nitrogens is 1. The summed E-state index contributed by atoms with van der Waals surface area (Å²) in [5.41, 5.74) is 0.649. The third kappa shape index (κ3) is 9.67. The van der Waals surface area contributed by atoms with E-state index in [4.69, 9.17) is 4.74 Å². The van der Waals surface area contributed by atoms with Crippen molar-refractivity contribution >= 4 is 35.4 Å². The average molecular weight is 824 g/mol. The highest BCUT2D eigenvalue weighted by Gasteiger charge is 2.38. The highest BCUT2D eigenvalue weighted by molar-refractivity contribution is 6.04. The molecule has 0 spiro atoms. The van der Waals surface area contributed by atoms with Crippen molar-refractivity contribution in [3.8, 4) is 28.1 Å². The number of aromatic nitrogens is 3. The molecular formula is C40H45F4N9O6. The largest absolute Gasteiger partial charge is 0.573 e. The van der Waals surface area contributed by atoms with E-state index in [0.29, 0.717) is 55.5 Å². The Balaban J connectivity index is 1.17. The van der Waals surface area contributed by atoms with Crippen LogP contribution in [0.2, 0.25) is 0 Å². The van der Waals surface area contributed by atoms with E-state index >= 15 is 4.39 Å². The van der Waals surface area contributed by atoms with E-state index in [1.54, 1.807) is 41.2 Å². The summed E-state index contributed by atoms with van der Waals surface area (Å²) in [7, 11) is 2.78. The first-order valence-corrected chi connectivity index (χ1v) is 19.0. The Morgan fingerprint density at radius 2 is 1.69 bits per heavy atom. The summed E-state index contributed by atoms with van der Waals surface area (Å²) >= 11 is 0. The summed E-state index contributed by atoms with van der Waals surface area (Å²) in [6.45, 7) is 7.46. The number of halogens is 4. The van der Waals surface area contributed by atoms with Gasteiger partial charge in [-0.15, -0.1) is 13.2 Å². The Morgan fingerprint density at radius 3 is 2.32 bits per heavy atom. The number of rotatable bonds is 10. The number of benzene rings is 2. The van der Waals surface area contributed by atoms with Gasteiger partial charge in [0.15, 0.2) is 0 Å². The van der Waals surface area contributed by atoms with E-state index in [1.807, 2.05) is 25.7 Å². The molecule has 59 heavy (non-hydrogen) atoms. The number of methoxy groups -OCH3 is 1. The van der Waals surface area contributed by atoms with Crippen LogP contribution >= 0.6 is 0 Å². The van der Waals surface area contributed by atoms with Crippen molar-refractivity contribution in [3.05, 3.63) is 78.1 Å². The number of amides is 5. The number of piperazine rings is 1. The maximum atomic E-state index is 15.6. The Hall–Kier alpha value is -6.40. The minimum Gasteiger partial charge on any atom is -0.453 e. The van der Waals surface area contributed by atoms with Gasteiger partial charge in [0.05, 0.1) is 36.3 Å². The molecule has 4 N–H and O–H groups in total. The number of nitrogens with one attached hydrogen (secondary N) is 4. The molecule has 2 saturated heterocycles. The number of alkyl carbamates (subject to hydrolysis) is 1. The fourth-order valence-electron chi connectivity index (χ4n) is 7.28. The van der Waals surface area contributed by atoms with Crippen LogP contribution in [0.3, 0.4) is 0 Å². The fourth-order valence-corrected chi connectivity index (χ4v) is 7.28. The van der Waals surface area contributed by atoms with E-state index in [2.05, 4.69) is 35.6 Å². The first-order valence-electron chi connectivity index (χ1n) is 19.0. The normalized spacial score (nSPS) is 17.4. The van der Waals surface area contributed by atoms with Crippen LogP contribution in [0.15, 0.2) is 60.9 Å². The zero-order chi connectivity index (χ0) is 42.6. The van der Waals surface area contributed by atoms with Crippen LogP contribution in [-0.4, -0.2) is 107 Å². The number of likely N-dealkylation sites (tertiary alicyclic amines) is 1. The Morgan fingerprint density at radius 1 is 0.966 bits per heavy atom. The molecule has 2 aliphatic rings. The quantitative estimate of drug-likeness (QED) is 0.134. The predicted molar refractivity (Wildman–Crippen MR) is 209 cm³/mol. The van der Waals surface area contributed by atoms with Crippen molar-refractivity contribution in [2.45, 2.75) is 58.1 Å². The number of hydrogen-bond acceptors (Lipinski definition) is 9. The van der Waals surface area contributed by atoms with Gasteiger partial charge in [-0.25, -0.2) is 23.9 Å². The lowest BCUT2D eigenvalue weighted by atomic mass is 10.0. The smallest absolute Gasteiger partial charge is 0.453 e. The number of ether oxygens (including phenoxy) is 2.